The molecule has 0 aliphatic carbocycles. The molecule has 1 amide bonds. The maximum absolute atomic E-state index is 11.8. The van der Waals surface area contributed by atoms with Crippen molar-refractivity contribution in [3.05, 3.63) is 60.0 Å². The normalized spacial score (nSPS) is 10.6. The Morgan fingerprint density at radius 1 is 1.18 bits per heavy atom. The van der Waals surface area contributed by atoms with Gasteiger partial charge in [-0.2, -0.15) is 0 Å². The van der Waals surface area contributed by atoms with Crippen LogP contribution in [-0.4, -0.2) is 17.5 Å². The Kier molecular flexibility index (Phi) is 4.05. The minimum absolute atomic E-state index is 0.0366. The summed E-state index contributed by atoms with van der Waals surface area (Å²) in [4.78, 5) is 16.1. The van der Waals surface area contributed by atoms with E-state index < -0.39 is 0 Å². The van der Waals surface area contributed by atoms with Gasteiger partial charge in [0, 0.05) is 0 Å². The number of aryl methyl sites for hydroxylation is 1. The average molecular weight is 296 g/mol. The Morgan fingerprint density at radius 3 is 2.77 bits per heavy atom. The van der Waals surface area contributed by atoms with Crippen LogP contribution in [-0.2, 0) is 11.3 Å². The van der Waals surface area contributed by atoms with E-state index in [4.69, 9.17) is 9.15 Å². The van der Waals surface area contributed by atoms with E-state index in [1.807, 2.05) is 55.5 Å². The van der Waals surface area contributed by atoms with Crippen molar-refractivity contribution in [2.24, 2.45) is 0 Å². The van der Waals surface area contributed by atoms with Gasteiger partial charge in [0.05, 0.1) is 6.54 Å². The van der Waals surface area contributed by atoms with Crippen molar-refractivity contribution in [3.63, 3.8) is 0 Å². The number of hydrogen-bond acceptors (Lipinski definition) is 4. The summed E-state index contributed by atoms with van der Waals surface area (Å²) in [5.74, 6) is 0.968. The SMILES string of the molecule is Cc1ccccc1OCC(=O)NCc1nc2ccccc2o1. The van der Waals surface area contributed by atoms with Crippen molar-refractivity contribution in [1.29, 1.82) is 0 Å². The molecule has 3 rings (SSSR count). The monoisotopic (exact) mass is 296 g/mol. The second-order valence-electron chi connectivity index (χ2n) is 4.91. The standard InChI is InChI=1S/C17H16N2O3/c1-12-6-2-4-8-14(12)21-11-16(20)18-10-17-19-13-7-3-5-9-15(13)22-17/h2-9H,10-11H2,1H3,(H,18,20). The number of nitrogens with zero attached hydrogens (tertiary/aromatic N) is 1. The van der Waals surface area contributed by atoms with Gasteiger partial charge >= 0.3 is 0 Å². The number of fused-ring (bicyclic) bond motifs is 1. The highest BCUT2D eigenvalue weighted by molar-refractivity contribution is 5.77. The smallest absolute Gasteiger partial charge is 0.258 e. The minimum Gasteiger partial charge on any atom is -0.484 e. The molecule has 2 aromatic carbocycles. The summed E-state index contributed by atoms with van der Waals surface area (Å²) >= 11 is 0. The van der Waals surface area contributed by atoms with Crippen molar-refractivity contribution in [2.75, 3.05) is 6.61 Å². The quantitative estimate of drug-likeness (QED) is 0.786. The van der Waals surface area contributed by atoms with Crippen LogP contribution in [0.5, 0.6) is 5.75 Å². The number of carbonyl (C=O) groups excluding carboxylic acids is 1. The van der Waals surface area contributed by atoms with Crippen LogP contribution in [0, 0.1) is 6.92 Å². The lowest BCUT2D eigenvalue weighted by Gasteiger charge is -2.08. The molecule has 1 aromatic heterocycles. The van der Waals surface area contributed by atoms with Gasteiger partial charge in [-0.15, -0.1) is 0 Å². The molecule has 0 spiro atoms. The first kappa shape index (κ1) is 14.1. The van der Waals surface area contributed by atoms with Crippen LogP contribution in [0.2, 0.25) is 0 Å². The summed E-state index contributed by atoms with van der Waals surface area (Å²) in [6, 6.07) is 15.1. The summed E-state index contributed by atoms with van der Waals surface area (Å²) in [6.45, 7) is 2.14. The van der Waals surface area contributed by atoms with Crippen molar-refractivity contribution >= 4 is 17.0 Å². The maximum atomic E-state index is 11.8. The van der Waals surface area contributed by atoms with Crippen molar-refractivity contribution in [3.8, 4) is 5.75 Å². The Balaban J connectivity index is 1.53. The van der Waals surface area contributed by atoms with Crippen LogP contribution in [0.1, 0.15) is 11.5 Å². The molecule has 0 saturated carbocycles. The number of hydrogen-bond donors (Lipinski definition) is 1. The molecular formula is C17H16N2O3. The maximum Gasteiger partial charge on any atom is 0.258 e. The average Bonchev–Trinajstić information content (AvgIpc) is 2.95. The summed E-state index contributed by atoms with van der Waals surface area (Å²) < 4.78 is 11.0. The van der Waals surface area contributed by atoms with Gasteiger partial charge in [-0.3, -0.25) is 4.79 Å². The molecule has 0 atom stereocenters. The molecule has 0 unspecified atom stereocenters. The van der Waals surface area contributed by atoms with Gasteiger partial charge in [0.15, 0.2) is 12.2 Å². The fourth-order valence-electron chi connectivity index (χ4n) is 2.08. The molecule has 0 aliphatic rings. The summed E-state index contributed by atoms with van der Waals surface area (Å²) in [5.41, 5.74) is 2.49. The molecule has 0 saturated heterocycles. The van der Waals surface area contributed by atoms with Gasteiger partial charge in [0.25, 0.3) is 5.91 Å². The van der Waals surface area contributed by atoms with E-state index >= 15 is 0 Å². The van der Waals surface area contributed by atoms with Crippen LogP contribution in [0.3, 0.4) is 0 Å². The van der Waals surface area contributed by atoms with Crippen LogP contribution in [0.25, 0.3) is 11.1 Å². The predicted octanol–water partition coefficient (Wildman–Crippen LogP) is 2.83. The van der Waals surface area contributed by atoms with Crippen molar-refractivity contribution < 1.29 is 13.9 Å². The zero-order chi connectivity index (χ0) is 15.4. The Bertz CT molecular complexity index is 762. The summed E-state index contributed by atoms with van der Waals surface area (Å²) in [6.07, 6.45) is 0. The highest BCUT2D eigenvalue weighted by Gasteiger charge is 2.08. The van der Waals surface area contributed by atoms with Gasteiger partial charge in [-0.25, -0.2) is 4.98 Å². The zero-order valence-corrected chi connectivity index (χ0v) is 12.2. The molecule has 0 radical (unpaired) electrons. The molecule has 1 heterocycles. The van der Waals surface area contributed by atoms with E-state index in [2.05, 4.69) is 10.3 Å². The summed E-state index contributed by atoms with van der Waals surface area (Å²) in [7, 11) is 0. The number of rotatable bonds is 5. The number of carbonyl (C=O) groups is 1. The molecule has 112 valence electrons. The number of benzene rings is 2. The van der Waals surface area contributed by atoms with Gasteiger partial charge in [0.2, 0.25) is 5.89 Å². The van der Waals surface area contributed by atoms with Gasteiger partial charge in [-0.1, -0.05) is 30.3 Å². The van der Waals surface area contributed by atoms with E-state index in [9.17, 15) is 4.79 Å². The number of oxazole rings is 1. The number of para-hydroxylation sites is 3. The van der Waals surface area contributed by atoms with E-state index in [0.29, 0.717) is 17.2 Å². The third kappa shape index (κ3) is 3.25. The topological polar surface area (TPSA) is 64.4 Å². The minimum atomic E-state index is -0.217. The van der Waals surface area contributed by atoms with Crippen LogP contribution in [0.4, 0.5) is 0 Å². The Hall–Kier alpha value is -2.82. The van der Waals surface area contributed by atoms with E-state index in [-0.39, 0.29) is 19.1 Å². The van der Waals surface area contributed by atoms with Gasteiger partial charge in [-0.05, 0) is 30.7 Å². The molecular weight excluding hydrogens is 280 g/mol. The fourth-order valence-corrected chi connectivity index (χ4v) is 2.08. The second-order valence-corrected chi connectivity index (χ2v) is 4.91. The van der Waals surface area contributed by atoms with Crippen LogP contribution >= 0.6 is 0 Å². The lowest BCUT2D eigenvalue weighted by molar-refractivity contribution is -0.123. The number of amides is 1. The molecule has 0 bridgehead atoms. The van der Waals surface area contributed by atoms with Crippen molar-refractivity contribution in [2.45, 2.75) is 13.5 Å². The van der Waals surface area contributed by atoms with Gasteiger partial charge in [0.1, 0.15) is 11.3 Å². The van der Waals surface area contributed by atoms with Crippen LogP contribution < -0.4 is 10.1 Å². The third-order valence-electron chi connectivity index (χ3n) is 3.23. The van der Waals surface area contributed by atoms with Crippen LogP contribution in [0.15, 0.2) is 52.9 Å². The first-order valence-corrected chi connectivity index (χ1v) is 7.02. The molecule has 1 N–H and O–H groups in total. The molecule has 5 nitrogen and oxygen atoms in total. The predicted molar refractivity (Wildman–Crippen MR) is 82.5 cm³/mol. The fraction of sp³-hybridized carbons (Fsp3) is 0.176. The lowest BCUT2D eigenvalue weighted by atomic mass is 10.2. The number of aromatic nitrogens is 1. The van der Waals surface area contributed by atoms with Gasteiger partial charge < -0.3 is 14.5 Å². The Labute approximate surface area is 127 Å². The molecule has 5 heteroatoms. The van der Waals surface area contributed by atoms with E-state index in [1.54, 1.807) is 0 Å². The zero-order valence-electron chi connectivity index (χ0n) is 12.2. The molecule has 0 aliphatic heterocycles. The third-order valence-corrected chi connectivity index (χ3v) is 3.23. The largest absolute Gasteiger partial charge is 0.484 e. The van der Waals surface area contributed by atoms with E-state index in [1.165, 1.54) is 0 Å². The first-order chi connectivity index (χ1) is 10.7. The van der Waals surface area contributed by atoms with E-state index in [0.717, 1.165) is 11.1 Å². The highest BCUT2D eigenvalue weighted by Crippen LogP contribution is 2.16. The number of nitrogens with one attached hydrogen (secondary N) is 1. The number of ether oxygens (including phenoxy) is 1. The molecule has 0 fully saturated rings. The Morgan fingerprint density at radius 2 is 1.95 bits per heavy atom. The lowest BCUT2D eigenvalue weighted by Crippen LogP contribution is -2.28. The molecule has 3 aromatic rings. The second kappa shape index (κ2) is 6.30. The first-order valence-electron chi connectivity index (χ1n) is 7.02. The highest BCUT2D eigenvalue weighted by atomic mass is 16.5. The summed E-state index contributed by atoms with van der Waals surface area (Å²) in [5, 5.41) is 2.73. The van der Waals surface area contributed by atoms with Crippen molar-refractivity contribution in [1.82, 2.24) is 10.3 Å². The molecule has 22 heavy (non-hydrogen) atoms.